The van der Waals surface area contributed by atoms with E-state index in [2.05, 4.69) is 10.0 Å². The van der Waals surface area contributed by atoms with E-state index in [4.69, 9.17) is 4.74 Å². The number of hydrogen-bond donors (Lipinski definition) is 2. The highest BCUT2D eigenvalue weighted by Crippen LogP contribution is 2.22. The first-order chi connectivity index (χ1) is 9.03. The average molecular weight is 284 g/mol. The van der Waals surface area contributed by atoms with Gasteiger partial charge in [-0.1, -0.05) is 6.07 Å². The maximum absolute atomic E-state index is 11.8. The van der Waals surface area contributed by atoms with Gasteiger partial charge in [-0.15, -0.1) is 0 Å². The third-order valence-electron chi connectivity index (χ3n) is 3.37. The molecule has 0 radical (unpaired) electrons. The van der Waals surface area contributed by atoms with Gasteiger partial charge in [0.25, 0.3) is 0 Å². The molecule has 0 spiro atoms. The number of aryl methyl sites for hydroxylation is 1. The zero-order chi connectivity index (χ0) is 13.9. The summed E-state index contributed by atoms with van der Waals surface area (Å²) in [5, 5.41) is 3.41. The number of ether oxygens (including phenoxy) is 1. The van der Waals surface area contributed by atoms with Crippen LogP contribution in [0.25, 0.3) is 0 Å². The zero-order valence-electron chi connectivity index (χ0n) is 11.3. The molecule has 106 valence electrons. The van der Waals surface area contributed by atoms with Crippen molar-refractivity contribution in [2.45, 2.75) is 30.7 Å². The number of nitrogens with one attached hydrogen (secondary N) is 2. The van der Waals surface area contributed by atoms with Crippen molar-refractivity contribution in [2.75, 3.05) is 25.6 Å². The van der Waals surface area contributed by atoms with Gasteiger partial charge < -0.3 is 10.1 Å². The molecular weight excluding hydrogens is 264 g/mol. The van der Waals surface area contributed by atoms with Gasteiger partial charge in [-0.3, -0.25) is 0 Å². The lowest BCUT2D eigenvalue weighted by atomic mass is 10.1. The first-order valence-corrected chi connectivity index (χ1v) is 7.90. The minimum absolute atomic E-state index is 0.287. The third kappa shape index (κ3) is 3.46. The summed E-state index contributed by atoms with van der Waals surface area (Å²) in [6.45, 7) is 3.48. The molecule has 2 rings (SSSR count). The van der Waals surface area contributed by atoms with Gasteiger partial charge in [0.15, 0.2) is 0 Å². The van der Waals surface area contributed by atoms with Crippen molar-refractivity contribution in [1.82, 2.24) is 4.72 Å². The van der Waals surface area contributed by atoms with E-state index < -0.39 is 10.0 Å². The molecule has 0 bridgehead atoms. The Balaban J connectivity index is 2.22. The lowest BCUT2D eigenvalue weighted by molar-refractivity contribution is 0.0904. The Morgan fingerprint density at radius 2 is 1.95 bits per heavy atom. The summed E-state index contributed by atoms with van der Waals surface area (Å²) in [7, 11) is -1.98. The van der Waals surface area contributed by atoms with Crippen LogP contribution in [-0.4, -0.2) is 34.7 Å². The predicted octanol–water partition coefficient (Wildman–Crippen LogP) is 1.49. The van der Waals surface area contributed by atoms with Crippen molar-refractivity contribution in [3.05, 3.63) is 23.8 Å². The van der Waals surface area contributed by atoms with Gasteiger partial charge in [0.05, 0.1) is 4.90 Å². The van der Waals surface area contributed by atoms with Crippen molar-refractivity contribution >= 4 is 15.7 Å². The maximum Gasteiger partial charge on any atom is 0.240 e. The van der Waals surface area contributed by atoms with E-state index in [9.17, 15) is 8.42 Å². The summed E-state index contributed by atoms with van der Waals surface area (Å²) in [6.07, 6.45) is 1.89. The van der Waals surface area contributed by atoms with Crippen LogP contribution in [-0.2, 0) is 14.8 Å². The molecule has 1 aliphatic rings. The molecular formula is C13H20N2O3S. The van der Waals surface area contributed by atoms with E-state index in [1.807, 2.05) is 13.0 Å². The van der Waals surface area contributed by atoms with Crippen molar-refractivity contribution in [1.29, 1.82) is 0 Å². The maximum atomic E-state index is 11.8. The molecule has 6 heteroatoms. The van der Waals surface area contributed by atoms with E-state index in [-0.39, 0.29) is 4.90 Å². The summed E-state index contributed by atoms with van der Waals surface area (Å²) >= 11 is 0. The van der Waals surface area contributed by atoms with Gasteiger partial charge in [0, 0.05) is 24.9 Å². The number of hydrogen-bond acceptors (Lipinski definition) is 4. The van der Waals surface area contributed by atoms with Crippen molar-refractivity contribution < 1.29 is 13.2 Å². The molecule has 0 aromatic heterocycles. The third-order valence-corrected chi connectivity index (χ3v) is 4.78. The van der Waals surface area contributed by atoms with Crippen LogP contribution in [0.3, 0.4) is 0 Å². The smallest absolute Gasteiger partial charge is 0.240 e. The molecule has 0 amide bonds. The molecule has 1 aromatic carbocycles. The Morgan fingerprint density at radius 1 is 1.26 bits per heavy atom. The van der Waals surface area contributed by atoms with Gasteiger partial charge in [-0.05, 0) is 44.5 Å². The van der Waals surface area contributed by atoms with Crippen LogP contribution >= 0.6 is 0 Å². The van der Waals surface area contributed by atoms with E-state index in [1.165, 1.54) is 7.05 Å². The molecule has 5 nitrogen and oxygen atoms in total. The van der Waals surface area contributed by atoms with Gasteiger partial charge in [-0.25, -0.2) is 13.1 Å². The predicted molar refractivity (Wildman–Crippen MR) is 74.9 cm³/mol. The second kappa shape index (κ2) is 5.90. The lowest BCUT2D eigenvalue weighted by Crippen LogP contribution is -2.28. The minimum Gasteiger partial charge on any atom is -0.382 e. The number of anilines is 1. The van der Waals surface area contributed by atoms with E-state index in [0.717, 1.165) is 37.3 Å². The van der Waals surface area contributed by atoms with Crippen LogP contribution in [0.5, 0.6) is 0 Å². The second-order valence-electron chi connectivity index (χ2n) is 4.72. The number of sulfonamides is 1. The highest BCUT2D eigenvalue weighted by atomic mass is 32.2. The first-order valence-electron chi connectivity index (χ1n) is 6.41. The second-order valence-corrected chi connectivity index (χ2v) is 6.60. The standard InChI is InChI=1S/C13H20N2O3S/c1-10-3-4-12(19(16,17)14-2)9-13(10)15-11-5-7-18-8-6-11/h3-4,9,11,14-15H,5-8H2,1-2H3. The fourth-order valence-electron chi connectivity index (χ4n) is 2.10. The van der Waals surface area contributed by atoms with E-state index in [1.54, 1.807) is 12.1 Å². The van der Waals surface area contributed by atoms with Gasteiger partial charge in [0.1, 0.15) is 0 Å². The first kappa shape index (κ1) is 14.3. The summed E-state index contributed by atoms with van der Waals surface area (Å²) in [4.78, 5) is 0.287. The zero-order valence-corrected chi connectivity index (χ0v) is 12.1. The monoisotopic (exact) mass is 284 g/mol. The van der Waals surface area contributed by atoms with Crippen LogP contribution in [0.2, 0.25) is 0 Å². The Labute approximate surface area is 114 Å². The van der Waals surface area contributed by atoms with Crippen LogP contribution in [0.4, 0.5) is 5.69 Å². The lowest BCUT2D eigenvalue weighted by Gasteiger charge is -2.25. The normalized spacial score (nSPS) is 17.4. The molecule has 1 heterocycles. The Morgan fingerprint density at radius 3 is 2.58 bits per heavy atom. The Bertz CT molecular complexity index is 537. The highest BCUT2D eigenvalue weighted by Gasteiger charge is 2.17. The molecule has 2 N–H and O–H groups in total. The van der Waals surface area contributed by atoms with Crippen molar-refractivity contribution in [3.8, 4) is 0 Å². The molecule has 1 aliphatic heterocycles. The molecule has 1 fully saturated rings. The Hall–Kier alpha value is -1.11. The average Bonchev–Trinajstić information content (AvgIpc) is 2.42. The summed E-state index contributed by atoms with van der Waals surface area (Å²) < 4.78 is 31.2. The molecule has 0 aliphatic carbocycles. The molecule has 0 saturated carbocycles. The fourth-order valence-corrected chi connectivity index (χ4v) is 2.86. The van der Waals surface area contributed by atoms with Crippen molar-refractivity contribution in [3.63, 3.8) is 0 Å². The molecule has 0 atom stereocenters. The molecule has 1 aromatic rings. The summed E-state index contributed by atoms with van der Waals surface area (Å²) in [6, 6.07) is 5.48. The van der Waals surface area contributed by atoms with Crippen LogP contribution < -0.4 is 10.0 Å². The van der Waals surface area contributed by atoms with Crippen LogP contribution in [0.15, 0.2) is 23.1 Å². The summed E-state index contributed by atoms with van der Waals surface area (Å²) in [5.41, 5.74) is 1.92. The van der Waals surface area contributed by atoms with Gasteiger partial charge in [0.2, 0.25) is 10.0 Å². The van der Waals surface area contributed by atoms with Crippen LogP contribution in [0, 0.1) is 6.92 Å². The van der Waals surface area contributed by atoms with Crippen LogP contribution in [0.1, 0.15) is 18.4 Å². The van der Waals surface area contributed by atoms with Gasteiger partial charge >= 0.3 is 0 Å². The highest BCUT2D eigenvalue weighted by molar-refractivity contribution is 7.89. The number of rotatable bonds is 4. The fraction of sp³-hybridized carbons (Fsp3) is 0.538. The largest absolute Gasteiger partial charge is 0.382 e. The quantitative estimate of drug-likeness (QED) is 0.879. The molecule has 1 saturated heterocycles. The minimum atomic E-state index is -3.39. The SMILES string of the molecule is CNS(=O)(=O)c1ccc(C)c(NC2CCOCC2)c1. The van der Waals surface area contributed by atoms with E-state index >= 15 is 0 Å². The molecule has 19 heavy (non-hydrogen) atoms. The number of benzene rings is 1. The van der Waals surface area contributed by atoms with E-state index in [0.29, 0.717) is 6.04 Å². The Kier molecular flexibility index (Phi) is 4.44. The topological polar surface area (TPSA) is 67.4 Å². The summed E-state index contributed by atoms with van der Waals surface area (Å²) in [5.74, 6) is 0. The van der Waals surface area contributed by atoms with Gasteiger partial charge in [-0.2, -0.15) is 0 Å². The van der Waals surface area contributed by atoms with Crippen molar-refractivity contribution in [2.24, 2.45) is 0 Å². The molecule has 0 unspecified atom stereocenters.